The topological polar surface area (TPSA) is 80.1 Å². The Morgan fingerprint density at radius 2 is 2.07 bits per heavy atom. The van der Waals surface area contributed by atoms with Crippen LogP contribution in [0.25, 0.3) is 11.0 Å². The molecule has 0 spiro atoms. The maximum absolute atomic E-state index is 12.8. The Kier molecular flexibility index (Phi) is 5.05. The van der Waals surface area contributed by atoms with Crippen LogP contribution >= 0.6 is 0 Å². The molecular weight excluding hydrogens is 366 g/mol. The number of carbonyl (C=O) groups excluding carboxylic acids is 2. The third-order valence-corrected chi connectivity index (χ3v) is 5.40. The molecule has 4 rings (SSSR count). The molecule has 1 saturated heterocycles. The van der Waals surface area contributed by atoms with Gasteiger partial charge in [0.15, 0.2) is 5.78 Å². The molecule has 29 heavy (non-hydrogen) atoms. The number of carbonyl (C=O) groups is 2. The summed E-state index contributed by atoms with van der Waals surface area (Å²) in [5.74, 6) is 1.17. The highest BCUT2D eigenvalue weighted by Crippen LogP contribution is 2.31. The van der Waals surface area contributed by atoms with Gasteiger partial charge >= 0.3 is 6.03 Å². The van der Waals surface area contributed by atoms with Crippen molar-refractivity contribution in [1.82, 2.24) is 19.4 Å². The molecule has 0 saturated carbocycles. The Morgan fingerprint density at radius 3 is 2.83 bits per heavy atom. The molecule has 2 amide bonds. The van der Waals surface area contributed by atoms with Crippen LogP contribution in [0.4, 0.5) is 10.5 Å². The van der Waals surface area contributed by atoms with Gasteiger partial charge in [0.25, 0.3) is 0 Å². The number of hydrogen-bond acceptors (Lipinski definition) is 4. The van der Waals surface area contributed by atoms with Crippen LogP contribution in [0, 0.1) is 0 Å². The minimum Gasteiger partial charge on any atom is -0.324 e. The van der Waals surface area contributed by atoms with Crippen molar-refractivity contribution < 1.29 is 9.59 Å². The van der Waals surface area contributed by atoms with Crippen LogP contribution in [0.5, 0.6) is 0 Å². The fourth-order valence-electron chi connectivity index (χ4n) is 3.96. The molecule has 2 aromatic heterocycles. The number of likely N-dealkylation sites (tertiary alicyclic amines) is 1. The molecule has 0 unspecified atom stereocenters. The third-order valence-electron chi connectivity index (χ3n) is 5.40. The van der Waals surface area contributed by atoms with Crippen LogP contribution in [0.2, 0.25) is 0 Å². The quantitative estimate of drug-likeness (QED) is 0.675. The summed E-state index contributed by atoms with van der Waals surface area (Å²) in [5.41, 5.74) is 3.18. The number of nitrogens with zero attached hydrogens (tertiary/aromatic N) is 4. The summed E-state index contributed by atoms with van der Waals surface area (Å²) in [5, 5.41) is 2.91. The van der Waals surface area contributed by atoms with Crippen LogP contribution in [0.15, 0.2) is 42.7 Å². The number of rotatable bonds is 4. The first-order valence-electron chi connectivity index (χ1n) is 9.93. The van der Waals surface area contributed by atoms with Gasteiger partial charge < -0.3 is 14.8 Å². The second-order valence-corrected chi connectivity index (χ2v) is 7.80. The van der Waals surface area contributed by atoms with Gasteiger partial charge in [0.05, 0.1) is 17.2 Å². The fourth-order valence-corrected chi connectivity index (χ4v) is 3.96. The minimum atomic E-state index is -0.151. The number of nitrogens with one attached hydrogen (secondary N) is 1. The molecule has 0 radical (unpaired) electrons. The molecule has 150 valence electrons. The SMILES string of the molecule is CC(=O)c1cccc(NC(=O)N2CC[C@H](c3nc4ccncc4n3C(C)C)C2)c1. The predicted octanol–water partition coefficient (Wildman–Crippen LogP) is 4.24. The maximum atomic E-state index is 12.8. The summed E-state index contributed by atoms with van der Waals surface area (Å²) in [6.07, 6.45) is 4.48. The zero-order chi connectivity index (χ0) is 20.5. The van der Waals surface area contributed by atoms with Crippen molar-refractivity contribution in [3.05, 3.63) is 54.1 Å². The van der Waals surface area contributed by atoms with E-state index < -0.39 is 0 Å². The van der Waals surface area contributed by atoms with Crippen molar-refractivity contribution in [2.45, 2.75) is 39.2 Å². The number of fused-ring (bicyclic) bond motifs is 1. The van der Waals surface area contributed by atoms with E-state index in [1.54, 1.807) is 30.5 Å². The van der Waals surface area contributed by atoms with Gasteiger partial charge in [0.1, 0.15) is 5.82 Å². The molecule has 1 aromatic carbocycles. The second kappa shape index (κ2) is 7.66. The van der Waals surface area contributed by atoms with Crippen molar-refractivity contribution in [1.29, 1.82) is 0 Å². The van der Waals surface area contributed by atoms with Crippen molar-refractivity contribution in [2.24, 2.45) is 0 Å². The number of aromatic nitrogens is 3. The van der Waals surface area contributed by atoms with E-state index in [1.807, 2.05) is 17.2 Å². The van der Waals surface area contributed by atoms with Gasteiger partial charge in [-0.05, 0) is 45.4 Å². The van der Waals surface area contributed by atoms with Crippen LogP contribution < -0.4 is 5.32 Å². The van der Waals surface area contributed by atoms with Crippen LogP contribution in [-0.4, -0.2) is 44.3 Å². The molecule has 1 fully saturated rings. The first-order valence-corrected chi connectivity index (χ1v) is 9.93. The molecule has 1 N–H and O–H groups in total. The third kappa shape index (κ3) is 3.72. The summed E-state index contributed by atoms with van der Waals surface area (Å²) in [6.45, 7) is 7.07. The summed E-state index contributed by atoms with van der Waals surface area (Å²) >= 11 is 0. The van der Waals surface area contributed by atoms with E-state index in [0.29, 0.717) is 24.3 Å². The number of hydrogen-bond donors (Lipinski definition) is 1. The first-order chi connectivity index (χ1) is 13.9. The van der Waals surface area contributed by atoms with E-state index in [1.165, 1.54) is 6.92 Å². The molecule has 0 aliphatic carbocycles. The van der Waals surface area contributed by atoms with E-state index in [0.717, 1.165) is 23.3 Å². The molecule has 1 aliphatic rings. The maximum Gasteiger partial charge on any atom is 0.321 e. The molecule has 1 atom stereocenters. The Labute approximate surface area is 169 Å². The van der Waals surface area contributed by atoms with Gasteiger partial charge in [0, 0.05) is 42.5 Å². The highest BCUT2D eigenvalue weighted by Gasteiger charge is 2.31. The van der Waals surface area contributed by atoms with Crippen molar-refractivity contribution in [3.63, 3.8) is 0 Å². The van der Waals surface area contributed by atoms with E-state index >= 15 is 0 Å². The lowest BCUT2D eigenvalue weighted by atomic mass is 10.1. The van der Waals surface area contributed by atoms with Crippen LogP contribution in [0.1, 0.15) is 55.3 Å². The number of urea groups is 1. The van der Waals surface area contributed by atoms with Crippen LogP contribution in [0.3, 0.4) is 0 Å². The second-order valence-electron chi connectivity index (χ2n) is 7.80. The Morgan fingerprint density at radius 1 is 1.24 bits per heavy atom. The highest BCUT2D eigenvalue weighted by molar-refractivity contribution is 5.96. The van der Waals surface area contributed by atoms with Gasteiger partial charge in [-0.25, -0.2) is 9.78 Å². The summed E-state index contributed by atoms with van der Waals surface area (Å²) < 4.78 is 2.23. The van der Waals surface area contributed by atoms with Gasteiger partial charge in [-0.1, -0.05) is 12.1 Å². The zero-order valence-corrected chi connectivity index (χ0v) is 16.9. The van der Waals surface area contributed by atoms with Crippen molar-refractivity contribution in [2.75, 3.05) is 18.4 Å². The number of pyridine rings is 1. The van der Waals surface area contributed by atoms with E-state index in [2.05, 4.69) is 28.7 Å². The van der Waals surface area contributed by atoms with Gasteiger partial charge in [-0.15, -0.1) is 0 Å². The van der Waals surface area contributed by atoms with Gasteiger partial charge in [-0.3, -0.25) is 9.78 Å². The molecule has 3 aromatic rings. The molecule has 7 heteroatoms. The number of Topliss-reactive ketones (excluding diaryl/α,β-unsaturated/α-hetero) is 1. The number of benzene rings is 1. The first kappa shape index (κ1) is 19.1. The summed E-state index contributed by atoms with van der Waals surface area (Å²) in [7, 11) is 0. The van der Waals surface area contributed by atoms with Crippen LogP contribution in [-0.2, 0) is 0 Å². The standard InChI is InChI=1S/C22H25N5O2/c1-14(2)27-20-12-23-9-7-19(20)25-21(27)17-8-10-26(13-17)22(29)24-18-6-4-5-16(11-18)15(3)28/h4-7,9,11-12,14,17H,8,10,13H2,1-3H3,(H,24,29)/t17-/m0/s1. The van der Waals surface area contributed by atoms with Crippen molar-refractivity contribution in [3.8, 4) is 0 Å². The Balaban J connectivity index is 1.51. The van der Waals surface area contributed by atoms with E-state index in [4.69, 9.17) is 4.98 Å². The lowest BCUT2D eigenvalue weighted by molar-refractivity contribution is 0.101. The lowest BCUT2D eigenvalue weighted by Crippen LogP contribution is -2.33. The number of imidazole rings is 1. The zero-order valence-electron chi connectivity index (χ0n) is 16.9. The normalized spacial score (nSPS) is 16.6. The Hall–Kier alpha value is -3.22. The average molecular weight is 391 g/mol. The number of amides is 2. The fraction of sp³-hybridized carbons (Fsp3) is 0.364. The van der Waals surface area contributed by atoms with E-state index in [9.17, 15) is 9.59 Å². The van der Waals surface area contributed by atoms with E-state index in [-0.39, 0.29) is 23.8 Å². The molecular formula is C22H25N5O2. The van der Waals surface area contributed by atoms with Crippen molar-refractivity contribution >= 4 is 28.5 Å². The van der Waals surface area contributed by atoms with Gasteiger partial charge in [0.2, 0.25) is 0 Å². The summed E-state index contributed by atoms with van der Waals surface area (Å²) in [4.78, 5) is 35.2. The molecule has 0 bridgehead atoms. The number of anilines is 1. The predicted molar refractivity (Wildman–Crippen MR) is 112 cm³/mol. The number of ketones is 1. The lowest BCUT2D eigenvalue weighted by Gasteiger charge is -2.19. The molecule has 7 nitrogen and oxygen atoms in total. The average Bonchev–Trinajstić information content (AvgIpc) is 3.33. The smallest absolute Gasteiger partial charge is 0.321 e. The van der Waals surface area contributed by atoms with Gasteiger partial charge in [-0.2, -0.15) is 0 Å². The largest absolute Gasteiger partial charge is 0.324 e. The molecule has 3 heterocycles. The Bertz CT molecular complexity index is 1070. The highest BCUT2D eigenvalue weighted by atomic mass is 16.2. The monoisotopic (exact) mass is 391 g/mol. The summed E-state index contributed by atoms with van der Waals surface area (Å²) in [6, 6.07) is 9.06. The minimum absolute atomic E-state index is 0.0237. The molecule has 1 aliphatic heterocycles.